The van der Waals surface area contributed by atoms with Gasteiger partial charge in [0.05, 0.1) is 5.56 Å². The van der Waals surface area contributed by atoms with E-state index in [9.17, 15) is 13.6 Å². The molecule has 0 heterocycles. The number of hydrogen-bond acceptors (Lipinski definition) is 2. The van der Waals surface area contributed by atoms with Gasteiger partial charge >= 0.3 is 6.61 Å². The lowest BCUT2D eigenvalue weighted by molar-refractivity contribution is -0.0501. The van der Waals surface area contributed by atoms with Gasteiger partial charge in [-0.1, -0.05) is 43.7 Å². The summed E-state index contributed by atoms with van der Waals surface area (Å²) in [5.41, 5.74) is 0.866. The minimum Gasteiger partial charge on any atom is -0.434 e. The van der Waals surface area contributed by atoms with Crippen molar-refractivity contribution >= 4 is 11.6 Å². The van der Waals surface area contributed by atoms with Crippen LogP contribution in [0.4, 0.5) is 14.5 Å². The van der Waals surface area contributed by atoms with Crippen molar-refractivity contribution < 1.29 is 18.3 Å². The van der Waals surface area contributed by atoms with E-state index in [1.165, 1.54) is 12.1 Å². The first-order chi connectivity index (χ1) is 11.1. The van der Waals surface area contributed by atoms with Crippen LogP contribution in [0.25, 0.3) is 0 Å². The second-order valence-electron chi connectivity index (χ2n) is 5.02. The number of alkyl halides is 2. The fourth-order valence-corrected chi connectivity index (χ4v) is 2.26. The highest BCUT2D eigenvalue weighted by atomic mass is 19.3. The number of nitrogens with zero attached hydrogens (tertiary/aromatic N) is 1. The number of halogens is 2. The van der Waals surface area contributed by atoms with E-state index in [-0.39, 0.29) is 17.2 Å². The summed E-state index contributed by atoms with van der Waals surface area (Å²) >= 11 is 0. The van der Waals surface area contributed by atoms with Crippen molar-refractivity contribution in [2.75, 3.05) is 11.4 Å². The van der Waals surface area contributed by atoms with Crippen molar-refractivity contribution in [3.05, 3.63) is 60.2 Å². The number of hydrogen-bond donors (Lipinski definition) is 0. The summed E-state index contributed by atoms with van der Waals surface area (Å²) in [5.74, 6) is -0.453. The van der Waals surface area contributed by atoms with Crippen molar-refractivity contribution in [1.29, 1.82) is 0 Å². The first-order valence-electron chi connectivity index (χ1n) is 7.54. The van der Waals surface area contributed by atoms with Gasteiger partial charge in [0.15, 0.2) is 0 Å². The number of anilines is 1. The summed E-state index contributed by atoms with van der Waals surface area (Å²) in [7, 11) is 0. The van der Waals surface area contributed by atoms with Crippen LogP contribution in [0.3, 0.4) is 0 Å². The number of ether oxygens (including phenoxy) is 1. The second-order valence-corrected chi connectivity index (χ2v) is 5.02. The predicted octanol–water partition coefficient (Wildman–Crippen LogP) is 4.73. The Kier molecular flexibility index (Phi) is 6.09. The van der Waals surface area contributed by atoms with E-state index in [4.69, 9.17) is 0 Å². The molecular formula is C18H19F2NO2. The third-order valence-electron chi connectivity index (χ3n) is 3.38. The molecule has 122 valence electrons. The standard InChI is InChI=1S/C18H19F2NO2/c1-2-3-13-21(14-9-5-4-6-10-14)17(22)15-11-7-8-12-16(15)23-18(19)20/h4-12,18H,2-3,13H2,1H3. The molecule has 0 saturated carbocycles. The lowest BCUT2D eigenvalue weighted by atomic mass is 10.1. The van der Waals surface area contributed by atoms with Gasteiger partial charge in [0.25, 0.3) is 5.91 Å². The minimum atomic E-state index is -2.97. The maximum absolute atomic E-state index is 12.9. The van der Waals surface area contributed by atoms with E-state index in [0.29, 0.717) is 6.54 Å². The van der Waals surface area contributed by atoms with Gasteiger partial charge in [0.2, 0.25) is 0 Å². The van der Waals surface area contributed by atoms with Crippen LogP contribution < -0.4 is 9.64 Å². The van der Waals surface area contributed by atoms with Crippen LogP contribution >= 0.6 is 0 Å². The Morgan fingerprint density at radius 2 is 1.74 bits per heavy atom. The van der Waals surface area contributed by atoms with Crippen molar-refractivity contribution in [2.45, 2.75) is 26.4 Å². The van der Waals surface area contributed by atoms with E-state index in [1.54, 1.807) is 17.0 Å². The highest BCUT2D eigenvalue weighted by Crippen LogP contribution is 2.25. The van der Waals surface area contributed by atoms with E-state index < -0.39 is 6.61 Å². The Morgan fingerprint density at radius 1 is 1.09 bits per heavy atom. The van der Waals surface area contributed by atoms with Gasteiger partial charge in [-0.05, 0) is 30.7 Å². The number of rotatable bonds is 7. The average Bonchev–Trinajstić information content (AvgIpc) is 2.56. The van der Waals surface area contributed by atoms with Crippen molar-refractivity contribution in [2.24, 2.45) is 0 Å². The lowest BCUT2D eigenvalue weighted by Crippen LogP contribution is -2.32. The molecule has 0 aliphatic heterocycles. The minimum absolute atomic E-state index is 0.107. The number of carbonyl (C=O) groups excluding carboxylic acids is 1. The molecule has 2 aromatic carbocycles. The Balaban J connectivity index is 2.34. The normalized spacial score (nSPS) is 10.6. The van der Waals surface area contributed by atoms with Gasteiger partial charge in [0.1, 0.15) is 5.75 Å². The van der Waals surface area contributed by atoms with Gasteiger partial charge in [-0.25, -0.2) is 0 Å². The van der Waals surface area contributed by atoms with Crippen LogP contribution in [0.2, 0.25) is 0 Å². The molecule has 2 aromatic rings. The Bertz CT molecular complexity index is 632. The van der Waals surface area contributed by atoms with Crippen LogP contribution in [0.15, 0.2) is 54.6 Å². The third-order valence-corrected chi connectivity index (χ3v) is 3.38. The van der Waals surface area contributed by atoms with E-state index >= 15 is 0 Å². The van der Waals surface area contributed by atoms with E-state index in [0.717, 1.165) is 18.5 Å². The molecular weight excluding hydrogens is 300 g/mol. The van der Waals surface area contributed by atoms with Crippen LogP contribution in [0.1, 0.15) is 30.1 Å². The summed E-state index contributed by atoms with van der Waals surface area (Å²) in [6.07, 6.45) is 1.74. The zero-order valence-corrected chi connectivity index (χ0v) is 12.9. The maximum atomic E-state index is 12.9. The predicted molar refractivity (Wildman–Crippen MR) is 86.1 cm³/mol. The number of benzene rings is 2. The molecule has 0 unspecified atom stereocenters. The largest absolute Gasteiger partial charge is 0.434 e. The molecule has 3 nitrogen and oxygen atoms in total. The molecule has 0 aromatic heterocycles. The van der Waals surface area contributed by atoms with E-state index in [1.807, 2.05) is 37.3 Å². The zero-order valence-electron chi connectivity index (χ0n) is 12.9. The molecule has 0 radical (unpaired) electrons. The van der Waals surface area contributed by atoms with Crippen molar-refractivity contribution in [1.82, 2.24) is 0 Å². The molecule has 0 bridgehead atoms. The van der Waals surface area contributed by atoms with Crippen LogP contribution in [0, 0.1) is 0 Å². The highest BCUT2D eigenvalue weighted by Gasteiger charge is 2.21. The topological polar surface area (TPSA) is 29.5 Å². The second kappa shape index (κ2) is 8.27. The van der Waals surface area contributed by atoms with Crippen LogP contribution in [-0.4, -0.2) is 19.1 Å². The van der Waals surface area contributed by atoms with Crippen LogP contribution in [-0.2, 0) is 0 Å². The molecule has 0 saturated heterocycles. The summed E-state index contributed by atoms with van der Waals surface area (Å²) in [6, 6.07) is 15.3. The maximum Gasteiger partial charge on any atom is 0.387 e. The molecule has 2 rings (SSSR count). The summed E-state index contributed by atoms with van der Waals surface area (Å²) < 4.78 is 29.6. The first kappa shape index (κ1) is 16.9. The van der Waals surface area contributed by atoms with Gasteiger partial charge in [0, 0.05) is 12.2 Å². The molecule has 5 heteroatoms. The lowest BCUT2D eigenvalue weighted by Gasteiger charge is -2.23. The van der Waals surface area contributed by atoms with E-state index in [2.05, 4.69) is 4.74 Å². The van der Waals surface area contributed by atoms with Gasteiger partial charge in [-0.3, -0.25) is 4.79 Å². The summed E-state index contributed by atoms with van der Waals surface area (Å²) in [5, 5.41) is 0. The Labute approximate surface area is 134 Å². The molecule has 23 heavy (non-hydrogen) atoms. The fraction of sp³-hybridized carbons (Fsp3) is 0.278. The number of para-hydroxylation sites is 2. The molecule has 0 aliphatic rings. The third kappa shape index (κ3) is 4.52. The fourth-order valence-electron chi connectivity index (χ4n) is 2.26. The first-order valence-corrected chi connectivity index (χ1v) is 7.54. The SMILES string of the molecule is CCCCN(C(=O)c1ccccc1OC(F)F)c1ccccc1. The Hall–Kier alpha value is -2.43. The smallest absolute Gasteiger partial charge is 0.387 e. The number of amides is 1. The van der Waals surface area contributed by atoms with Gasteiger partial charge in [-0.15, -0.1) is 0 Å². The average molecular weight is 319 g/mol. The Morgan fingerprint density at radius 3 is 2.39 bits per heavy atom. The summed E-state index contributed by atoms with van der Waals surface area (Å²) in [4.78, 5) is 14.4. The quantitative estimate of drug-likeness (QED) is 0.738. The van der Waals surface area contributed by atoms with Crippen LogP contribution in [0.5, 0.6) is 5.75 Å². The molecule has 0 fully saturated rings. The molecule has 0 N–H and O–H groups in total. The molecule has 1 amide bonds. The molecule has 0 aliphatic carbocycles. The number of unbranched alkanes of at least 4 members (excludes halogenated alkanes) is 1. The molecule has 0 spiro atoms. The van der Waals surface area contributed by atoms with Crippen molar-refractivity contribution in [3.63, 3.8) is 0 Å². The molecule has 0 atom stereocenters. The zero-order chi connectivity index (χ0) is 16.7. The highest BCUT2D eigenvalue weighted by molar-refractivity contribution is 6.07. The van der Waals surface area contributed by atoms with Gasteiger partial charge < -0.3 is 9.64 Å². The monoisotopic (exact) mass is 319 g/mol. The van der Waals surface area contributed by atoms with Crippen molar-refractivity contribution in [3.8, 4) is 5.75 Å². The summed E-state index contributed by atoms with van der Waals surface area (Å²) in [6.45, 7) is -0.422. The van der Waals surface area contributed by atoms with Gasteiger partial charge in [-0.2, -0.15) is 8.78 Å². The number of carbonyl (C=O) groups is 1.